The van der Waals surface area contributed by atoms with Crippen LogP contribution in [0.3, 0.4) is 0 Å². The maximum absolute atomic E-state index is 8.69. The second kappa shape index (κ2) is 5.26. The second-order valence-electron chi connectivity index (χ2n) is 3.75. The quantitative estimate of drug-likeness (QED) is 0.739. The van der Waals surface area contributed by atoms with Gasteiger partial charge in [-0.3, -0.25) is 0 Å². The van der Waals surface area contributed by atoms with Gasteiger partial charge in [0.15, 0.2) is 0 Å². The SMILES string of the molecule is CCC[C@@H](C)Nc1ccc(C#N)cc1N. The highest BCUT2D eigenvalue weighted by Crippen LogP contribution is 2.21. The summed E-state index contributed by atoms with van der Waals surface area (Å²) in [5.41, 5.74) is 7.97. The molecular weight excluding hydrogens is 186 g/mol. The van der Waals surface area contributed by atoms with Crippen molar-refractivity contribution in [1.82, 2.24) is 0 Å². The minimum absolute atomic E-state index is 0.408. The Kier molecular flexibility index (Phi) is 3.99. The van der Waals surface area contributed by atoms with E-state index >= 15 is 0 Å². The van der Waals surface area contributed by atoms with Crippen LogP contribution in [0.5, 0.6) is 0 Å². The zero-order valence-corrected chi connectivity index (χ0v) is 9.25. The van der Waals surface area contributed by atoms with Gasteiger partial charge in [0.1, 0.15) is 0 Å². The standard InChI is InChI=1S/C12H17N3/c1-3-4-9(2)15-12-6-5-10(8-13)7-11(12)14/h5-7,9,15H,3-4,14H2,1-2H3/t9-/m1/s1. The minimum Gasteiger partial charge on any atom is -0.397 e. The molecule has 1 rings (SSSR count). The first-order valence-electron chi connectivity index (χ1n) is 5.23. The predicted molar refractivity (Wildman–Crippen MR) is 63.6 cm³/mol. The molecule has 0 aromatic heterocycles. The van der Waals surface area contributed by atoms with Gasteiger partial charge in [-0.05, 0) is 31.5 Å². The molecule has 15 heavy (non-hydrogen) atoms. The van der Waals surface area contributed by atoms with E-state index in [1.165, 1.54) is 0 Å². The Hall–Kier alpha value is -1.69. The van der Waals surface area contributed by atoms with Gasteiger partial charge in [-0.2, -0.15) is 5.26 Å². The van der Waals surface area contributed by atoms with E-state index in [2.05, 4.69) is 25.2 Å². The molecule has 0 radical (unpaired) electrons. The van der Waals surface area contributed by atoms with Crippen molar-refractivity contribution in [3.8, 4) is 6.07 Å². The third-order valence-electron chi connectivity index (χ3n) is 2.30. The molecule has 0 amide bonds. The van der Waals surface area contributed by atoms with Gasteiger partial charge in [-0.15, -0.1) is 0 Å². The molecule has 0 spiro atoms. The Bertz CT molecular complexity index is 366. The fraction of sp³-hybridized carbons (Fsp3) is 0.417. The lowest BCUT2D eigenvalue weighted by Gasteiger charge is -2.15. The van der Waals surface area contributed by atoms with Gasteiger partial charge in [-0.25, -0.2) is 0 Å². The van der Waals surface area contributed by atoms with Gasteiger partial charge < -0.3 is 11.1 Å². The molecule has 0 aliphatic rings. The number of nitrogen functional groups attached to an aromatic ring is 1. The summed E-state index contributed by atoms with van der Waals surface area (Å²) in [5, 5.41) is 12.0. The Balaban J connectivity index is 2.74. The number of hydrogen-bond acceptors (Lipinski definition) is 3. The molecule has 1 aromatic carbocycles. The molecule has 3 nitrogen and oxygen atoms in total. The number of hydrogen-bond donors (Lipinski definition) is 2. The van der Waals surface area contributed by atoms with Crippen molar-refractivity contribution in [1.29, 1.82) is 5.26 Å². The van der Waals surface area contributed by atoms with E-state index in [4.69, 9.17) is 11.0 Å². The fourth-order valence-electron chi connectivity index (χ4n) is 1.53. The summed E-state index contributed by atoms with van der Waals surface area (Å²) < 4.78 is 0. The summed E-state index contributed by atoms with van der Waals surface area (Å²) in [6.45, 7) is 4.28. The molecule has 0 aliphatic heterocycles. The number of benzene rings is 1. The van der Waals surface area contributed by atoms with Gasteiger partial charge in [0.05, 0.1) is 23.0 Å². The zero-order valence-electron chi connectivity index (χ0n) is 9.25. The van der Waals surface area contributed by atoms with Crippen LogP contribution < -0.4 is 11.1 Å². The Labute approximate surface area is 90.9 Å². The van der Waals surface area contributed by atoms with E-state index in [1.807, 2.05) is 6.07 Å². The van der Waals surface area contributed by atoms with Crippen molar-refractivity contribution in [3.63, 3.8) is 0 Å². The molecule has 3 heteroatoms. The number of nitrogens with two attached hydrogens (primary N) is 1. The maximum Gasteiger partial charge on any atom is 0.0992 e. The van der Waals surface area contributed by atoms with Crippen LogP contribution in [0.4, 0.5) is 11.4 Å². The number of nitrogens with one attached hydrogen (secondary N) is 1. The summed E-state index contributed by atoms with van der Waals surface area (Å²) >= 11 is 0. The summed E-state index contributed by atoms with van der Waals surface area (Å²) in [6.07, 6.45) is 2.25. The second-order valence-corrected chi connectivity index (χ2v) is 3.75. The molecule has 80 valence electrons. The first-order valence-corrected chi connectivity index (χ1v) is 5.23. The molecule has 0 saturated carbocycles. The third kappa shape index (κ3) is 3.17. The molecular formula is C12H17N3. The van der Waals surface area contributed by atoms with Crippen LogP contribution in [0.15, 0.2) is 18.2 Å². The Morgan fingerprint density at radius 2 is 2.27 bits per heavy atom. The lowest BCUT2D eigenvalue weighted by atomic mass is 10.1. The number of nitrogens with zero attached hydrogens (tertiary/aromatic N) is 1. The van der Waals surface area contributed by atoms with Crippen LogP contribution in [0.1, 0.15) is 32.3 Å². The maximum atomic E-state index is 8.69. The lowest BCUT2D eigenvalue weighted by Crippen LogP contribution is -2.15. The molecule has 0 bridgehead atoms. The number of rotatable bonds is 4. The van der Waals surface area contributed by atoms with Gasteiger partial charge in [0, 0.05) is 6.04 Å². The first-order chi connectivity index (χ1) is 7.17. The van der Waals surface area contributed by atoms with Crippen molar-refractivity contribution in [2.45, 2.75) is 32.7 Å². The number of anilines is 2. The molecule has 0 unspecified atom stereocenters. The van der Waals surface area contributed by atoms with E-state index in [-0.39, 0.29) is 0 Å². The molecule has 0 aliphatic carbocycles. The molecule has 0 heterocycles. The van der Waals surface area contributed by atoms with Crippen LogP contribution >= 0.6 is 0 Å². The summed E-state index contributed by atoms with van der Waals surface area (Å²) in [4.78, 5) is 0. The largest absolute Gasteiger partial charge is 0.397 e. The Morgan fingerprint density at radius 1 is 1.53 bits per heavy atom. The monoisotopic (exact) mass is 203 g/mol. The first kappa shape index (κ1) is 11.4. The number of nitriles is 1. The average molecular weight is 203 g/mol. The normalized spacial score (nSPS) is 11.8. The molecule has 1 atom stereocenters. The van der Waals surface area contributed by atoms with Crippen LogP contribution in [0.25, 0.3) is 0 Å². The Morgan fingerprint density at radius 3 is 2.80 bits per heavy atom. The van der Waals surface area contributed by atoms with Gasteiger partial charge >= 0.3 is 0 Å². The lowest BCUT2D eigenvalue weighted by molar-refractivity contribution is 0.691. The van der Waals surface area contributed by atoms with Gasteiger partial charge in [0.25, 0.3) is 0 Å². The van der Waals surface area contributed by atoms with E-state index in [0.717, 1.165) is 18.5 Å². The van der Waals surface area contributed by atoms with Crippen molar-refractivity contribution >= 4 is 11.4 Å². The summed E-state index contributed by atoms with van der Waals surface area (Å²) in [5.74, 6) is 0. The predicted octanol–water partition coefficient (Wildman–Crippen LogP) is 2.74. The molecule has 0 saturated heterocycles. The topological polar surface area (TPSA) is 61.8 Å². The summed E-state index contributed by atoms with van der Waals surface area (Å²) in [6, 6.07) is 7.81. The van der Waals surface area contributed by atoms with Crippen molar-refractivity contribution < 1.29 is 0 Å². The van der Waals surface area contributed by atoms with Crippen molar-refractivity contribution in [2.24, 2.45) is 0 Å². The molecule has 1 aromatic rings. The highest BCUT2D eigenvalue weighted by atomic mass is 14.9. The van der Waals surface area contributed by atoms with Crippen molar-refractivity contribution in [3.05, 3.63) is 23.8 Å². The zero-order chi connectivity index (χ0) is 11.3. The van der Waals surface area contributed by atoms with Crippen LogP contribution in [0, 0.1) is 11.3 Å². The smallest absolute Gasteiger partial charge is 0.0992 e. The minimum atomic E-state index is 0.408. The fourth-order valence-corrected chi connectivity index (χ4v) is 1.53. The van der Waals surface area contributed by atoms with Crippen LogP contribution in [-0.2, 0) is 0 Å². The highest BCUT2D eigenvalue weighted by Gasteiger charge is 2.04. The van der Waals surface area contributed by atoms with Gasteiger partial charge in [0.2, 0.25) is 0 Å². The third-order valence-corrected chi connectivity index (χ3v) is 2.30. The highest BCUT2D eigenvalue weighted by molar-refractivity contribution is 5.68. The van der Waals surface area contributed by atoms with Crippen LogP contribution in [-0.4, -0.2) is 6.04 Å². The molecule has 3 N–H and O–H groups in total. The summed E-state index contributed by atoms with van der Waals surface area (Å²) in [7, 11) is 0. The molecule has 0 fully saturated rings. The van der Waals surface area contributed by atoms with Crippen molar-refractivity contribution in [2.75, 3.05) is 11.1 Å². The van der Waals surface area contributed by atoms with Crippen LogP contribution in [0.2, 0.25) is 0 Å². The van der Waals surface area contributed by atoms with E-state index in [9.17, 15) is 0 Å². The van der Waals surface area contributed by atoms with E-state index < -0.39 is 0 Å². The average Bonchev–Trinajstić information content (AvgIpc) is 2.21. The van der Waals surface area contributed by atoms with Gasteiger partial charge in [-0.1, -0.05) is 13.3 Å². The van der Waals surface area contributed by atoms with E-state index in [1.54, 1.807) is 12.1 Å². The van der Waals surface area contributed by atoms with E-state index in [0.29, 0.717) is 17.3 Å².